The number of amides is 1. The second kappa shape index (κ2) is 4.96. The molecule has 1 aliphatic heterocycles. The number of nitrogens with zero attached hydrogens (tertiary/aromatic N) is 1. The van der Waals surface area contributed by atoms with Crippen molar-refractivity contribution >= 4 is 29.7 Å². The number of nitrogens with one attached hydrogen (secondary N) is 1. The molecule has 1 fully saturated rings. The van der Waals surface area contributed by atoms with Crippen molar-refractivity contribution in [1.82, 2.24) is 10.2 Å². The SMILES string of the molecule is CN(C(=O)c1cc2c(s1)CCC2)C1CNC1.Cl. The molecule has 2 aliphatic rings. The molecule has 0 bridgehead atoms. The molecule has 1 aromatic heterocycles. The molecule has 0 aromatic carbocycles. The van der Waals surface area contributed by atoms with Crippen LogP contribution >= 0.6 is 23.7 Å². The van der Waals surface area contributed by atoms with E-state index < -0.39 is 0 Å². The van der Waals surface area contributed by atoms with Crippen LogP contribution in [0.15, 0.2) is 6.07 Å². The second-order valence-corrected chi connectivity index (χ2v) is 5.78. The minimum absolute atomic E-state index is 0. The average Bonchev–Trinajstić information content (AvgIpc) is 2.72. The van der Waals surface area contributed by atoms with E-state index in [-0.39, 0.29) is 18.3 Å². The first-order chi connectivity index (χ1) is 7.75. The quantitative estimate of drug-likeness (QED) is 0.889. The van der Waals surface area contributed by atoms with Gasteiger partial charge in [0.05, 0.1) is 10.9 Å². The summed E-state index contributed by atoms with van der Waals surface area (Å²) in [5.41, 5.74) is 1.41. The summed E-state index contributed by atoms with van der Waals surface area (Å²) in [6, 6.07) is 2.50. The molecule has 3 nitrogen and oxygen atoms in total. The summed E-state index contributed by atoms with van der Waals surface area (Å²) in [5, 5.41) is 3.20. The molecule has 17 heavy (non-hydrogen) atoms. The summed E-state index contributed by atoms with van der Waals surface area (Å²) in [6.07, 6.45) is 3.59. The Kier molecular flexibility index (Phi) is 3.76. The minimum Gasteiger partial charge on any atom is -0.335 e. The number of carbonyl (C=O) groups excluding carboxylic acids is 1. The number of hydrogen-bond acceptors (Lipinski definition) is 3. The van der Waals surface area contributed by atoms with Crippen molar-refractivity contribution < 1.29 is 4.79 Å². The van der Waals surface area contributed by atoms with Gasteiger partial charge >= 0.3 is 0 Å². The Hall–Kier alpha value is -0.580. The predicted molar refractivity (Wildman–Crippen MR) is 72.3 cm³/mol. The lowest BCUT2D eigenvalue weighted by molar-refractivity contribution is 0.0686. The number of hydrogen-bond donors (Lipinski definition) is 1. The molecule has 1 aromatic rings. The van der Waals surface area contributed by atoms with Crippen molar-refractivity contribution in [3.8, 4) is 0 Å². The Bertz CT molecular complexity index is 407. The third-order valence-corrected chi connectivity index (χ3v) is 4.81. The molecule has 0 radical (unpaired) electrons. The number of likely N-dealkylation sites (N-methyl/N-ethyl adjacent to an activating group) is 1. The Balaban J connectivity index is 0.00000108. The molecule has 1 aliphatic carbocycles. The zero-order chi connectivity index (χ0) is 11.1. The molecule has 0 spiro atoms. The Labute approximate surface area is 112 Å². The van der Waals surface area contributed by atoms with Gasteiger partial charge in [-0.15, -0.1) is 23.7 Å². The number of aryl methyl sites for hydroxylation is 2. The van der Waals surface area contributed by atoms with E-state index in [1.54, 1.807) is 11.3 Å². The van der Waals surface area contributed by atoms with Gasteiger partial charge in [-0.1, -0.05) is 0 Å². The van der Waals surface area contributed by atoms with E-state index in [0.29, 0.717) is 6.04 Å². The van der Waals surface area contributed by atoms with Gasteiger partial charge in [0.15, 0.2) is 0 Å². The topological polar surface area (TPSA) is 32.3 Å². The van der Waals surface area contributed by atoms with Crippen LogP contribution in [-0.4, -0.2) is 37.0 Å². The van der Waals surface area contributed by atoms with Crippen LogP contribution in [-0.2, 0) is 12.8 Å². The van der Waals surface area contributed by atoms with E-state index in [4.69, 9.17) is 0 Å². The number of carbonyl (C=O) groups is 1. The summed E-state index contributed by atoms with van der Waals surface area (Å²) in [5.74, 6) is 0.200. The highest BCUT2D eigenvalue weighted by Gasteiger charge is 2.28. The number of thiophene rings is 1. The van der Waals surface area contributed by atoms with Gasteiger partial charge < -0.3 is 10.2 Å². The van der Waals surface area contributed by atoms with Crippen molar-refractivity contribution in [1.29, 1.82) is 0 Å². The molecular weight excluding hydrogens is 256 g/mol. The van der Waals surface area contributed by atoms with E-state index in [0.717, 1.165) is 24.4 Å². The van der Waals surface area contributed by atoms with Crippen LogP contribution in [0.3, 0.4) is 0 Å². The molecule has 1 saturated heterocycles. The van der Waals surface area contributed by atoms with Crippen LogP contribution in [0.5, 0.6) is 0 Å². The van der Waals surface area contributed by atoms with Gasteiger partial charge in [0, 0.05) is 25.0 Å². The van der Waals surface area contributed by atoms with Crippen molar-refractivity contribution in [2.45, 2.75) is 25.3 Å². The average molecular weight is 273 g/mol. The van der Waals surface area contributed by atoms with Gasteiger partial charge in [0.2, 0.25) is 0 Å². The summed E-state index contributed by atoms with van der Waals surface area (Å²) >= 11 is 1.70. The van der Waals surface area contributed by atoms with Gasteiger partial charge in [-0.05, 0) is 30.9 Å². The van der Waals surface area contributed by atoms with Crippen LogP contribution < -0.4 is 5.32 Å². The lowest BCUT2D eigenvalue weighted by atomic mass is 10.1. The molecule has 3 rings (SSSR count). The number of halogens is 1. The first kappa shape index (κ1) is 12.9. The highest BCUT2D eigenvalue weighted by molar-refractivity contribution is 7.14. The third kappa shape index (κ3) is 2.21. The number of fused-ring (bicyclic) bond motifs is 1. The maximum Gasteiger partial charge on any atom is 0.264 e. The molecule has 2 heterocycles. The minimum atomic E-state index is 0. The van der Waals surface area contributed by atoms with E-state index in [2.05, 4.69) is 11.4 Å². The highest BCUT2D eigenvalue weighted by atomic mass is 35.5. The highest BCUT2D eigenvalue weighted by Crippen LogP contribution is 2.31. The fourth-order valence-electron chi connectivity index (χ4n) is 2.32. The van der Waals surface area contributed by atoms with E-state index in [1.165, 1.54) is 23.3 Å². The van der Waals surface area contributed by atoms with Gasteiger partial charge in [0.1, 0.15) is 0 Å². The largest absolute Gasteiger partial charge is 0.335 e. The van der Waals surface area contributed by atoms with E-state index >= 15 is 0 Å². The molecule has 5 heteroatoms. The smallest absolute Gasteiger partial charge is 0.264 e. The molecule has 0 saturated carbocycles. The second-order valence-electron chi connectivity index (χ2n) is 4.64. The molecule has 1 N–H and O–H groups in total. The van der Waals surface area contributed by atoms with Crippen LogP contribution in [0.4, 0.5) is 0 Å². The van der Waals surface area contributed by atoms with Crippen molar-refractivity contribution in [2.24, 2.45) is 0 Å². The summed E-state index contributed by atoms with van der Waals surface area (Å²) in [7, 11) is 1.92. The van der Waals surface area contributed by atoms with Crippen LogP contribution in [0, 0.1) is 0 Å². The van der Waals surface area contributed by atoms with Gasteiger partial charge in [-0.2, -0.15) is 0 Å². The maximum atomic E-state index is 12.2. The first-order valence-electron chi connectivity index (χ1n) is 5.85. The normalized spacial score (nSPS) is 18.2. The fourth-order valence-corrected chi connectivity index (χ4v) is 3.56. The summed E-state index contributed by atoms with van der Waals surface area (Å²) < 4.78 is 0. The van der Waals surface area contributed by atoms with Gasteiger partial charge in [-0.3, -0.25) is 4.79 Å². The van der Waals surface area contributed by atoms with Gasteiger partial charge in [-0.25, -0.2) is 0 Å². The summed E-state index contributed by atoms with van der Waals surface area (Å²) in [6.45, 7) is 1.88. The van der Waals surface area contributed by atoms with Crippen molar-refractivity contribution in [3.63, 3.8) is 0 Å². The fraction of sp³-hybridized carbons (Fsp3) is 0.583. The molecule has 94 valence electrons. The molecule has 0 atom stereocenters. The lowest BCUT2D eigenvalue weighted by Gasteiger charge is -2.35. The van der Waals surface area contributed by atoms with E-state index in [9.17, 15) is 4.79 Å². The molecule has 1 amide bonds. The predicted octanol–water partition coefficient (Wildman–Crippen LogP) is 1.70. The van der Waals surface area contributed by atoms with Crippen LogP contribution in [0.25, 0.3) is 0 Å². The lowest BCUT2D eigenvalue weighted by Crippen LogP contribution is -2.57. The Morgan fingerprint density at radius 3 is 2.82 bits per heavy atom. The van der Waals surface area contributed by atoms with Crippen LogP contribution in [0.1, 0.15) is 26.5 Å². The monoisotopic (exact) mass is 272 g/mol. The standard InChI is InChI=1S/C12H16N2OS.ClH/c1-14(9-6-13-7-9)12(15)11-5-8-3-2-4-10(8)16-11;/h5,9,13H,2-4,6-7H2,1H3;1H. The Morgan fingerprint density at radius 2 is 2.24 bits per heavy atom. The maximum absolute atomic E-state index is 12.2. The zero-order valence-electron chi connectivity index (χ0n) is 9.86. The van der Waals surface area contributed by atoms with Crippen LogP contribution in [0.2, 0.25) is 0 Å². The third-order valence-electron chi connectivity index (χ3n) is 3.59. The number of rotatable bonds is 2. The zero-order valence-corrected chi connectivity index (χ0v) is 11.5. The van der Waals surface area contributed by atoms with Crippen molar-refractivity contribution in [2.75, 3.05) is 20.1 Å². The molecule has 0 unspecified atom stereocenters. The van der Waals surface area contributed by atoms with E-state index in [1.807, 2.05) is 11.9 Å². The van der Waals surface area contributed by atoms with Crippen molar-refractivity contribution in [3.05, 3.63) is 21.4 Å². The molecular formula is C12H17ClN2OS. The first-order valence-corrected chi connectivity index (χ1v) is 6.67. The summed E-state index contributed by atoms with van der Waals surface area (Å²) in [4.78, 5) is 16.4. The Morgan fingerprint density at radius 1 is 1.47 bits per heavy atom. The van der Waals surface area contributed by atoms with Gasteiger partial charge in [0.25, 0.3) is 5.91 Å².